The number of rotatable bonds is 4. The number of amides is 1. The van der Waals surface area contributed by atoms with Crippen molar-refractivity contribution in [3.63, 3.8) is 0 Å². The van der Waals surface area contributed by atoms with Gasteiger partial charge in [0.1, 0.15) is 0 Å². The van der Waals surface area contributed by atoms with Crippen molar-refractivity contribution in [2.75, 3.05) is 18.0 Å². The van der Waals surface area contributed by atoms with Gasteiger partial charge in [-0.05, 0) is 49.6 Å². The van der Waals surface area contributed by atoms with Gasteiger partial charge in [0.05, 0.1) is 12.2 Å². The van der Waals surface area contributed by atoms with Crippen LogP contribution in [0.4, 0.5) is 5.95 Å². The summed E-state index contributed by atoms with van der Waals surface area (Å²) in [5.74, 6) is 0.663. The molecule has 1 N–H and O–H groups in total. The topological polar surface area (TPSA) is 58.1 Å². The molecule has 0 atom stereocenters. The minimum Gasteiger partial charge on any atom is -0.346 e. The fourth-order valence-corrected chi connectivity index (χ4v) is 2.87. The smallest absolute Gasteiger partial charge is 0.251 e. The Hall–Kier alpha value is -1.95. The molecule has 3 rings (SSSR count). The first kappa shape index (κ1) is 15.9. The molecule has 0 radical (unpaired) electrons. The van der Waals surface area contributed by atoms with Gasteiger partial charge in [0, 0.05) is 29.3 Å². The van der Waals surface area contributed by atoms with E-state index >= 15 is 0 Å². The summed E-state index contributed by atoms with van der Waals surface area (Å²) in [6.07, 6.45) is 5.42. The highest BCUT2D eigenvalue weighted by molar-refractivity contribution is 9.10. The molecule has 1 fully saturated rings. The van der Waals surface area contributed by atoms with E-state index in [1.807, 2.05) is 18.2 Å². The lowest BCUT2D eigenvalue weighted by Crippen LogP contribution is -2.31. The van der Waals surface area contributed by atoms with E-state index in [9.17, 15) is 4.79 Å². The molecule has 23 heavy (non-hydrogen) atoms. The molecule has 5 nitrogen and oxygen atoms in total. The number of anilines is 1. The van der Waals surface area contributed by atoms with Crippen molar-refractivity contribution in [2.45, 2.75) is 25.8 Å². The lowest BCUT2D eigenvalue weighted by Gasteiger charge is -2.26. The Morgan fingerprint density at radius 1 is 1.13 bits per heavy atom. The van der Waals surface area contributed by atoms with Gasteiger partial charge in [0.25, 0.3) is 5.91 Å². The molecule has 1 aromatic heterocycles. The van der Waals surface area contributed by atoms with Crippen LogP contribution in [-0.4, -0.2) is 29.0 Å². The number of benzene rings is 1. The third-order valence-corrected chi connectivity index (χ3v) is 4.40. The third kappa shape index (κ3) is 4.28. The summed E-state index contributed by atoms with van der Waals surface area (Å²) in [5, 5.41) is 2.90. The predicted octanol–water partition coefficient (Wildman–Crippen LogP) is 3.16. The maximum absolute atomic E-state index is 12.1. The number of carbonyl (C=O) groups is 1. The molecule has 0 bridgehead atoms. The van der Waals surface area contributed by atoms with Crippen LogP contribution in [0.3, 0.4) is 0 Å². The summed E-state index contributed by atoms with van der Waals surface area (Å²) in [6, 6.07) is 9.13. The van der Waals surface area contributed by atoms with E-state index in [1.54, 1.807) is 18.3 Å². The number of aromatic nitrogens is 2. The minimum atomic E-state index is -0.101. The van der Waals surface area contributed by atoms with Gasteiger partial charge in [0.2, 0.25) is 5.95 Å². The predicted molar refractivity (Wildman–Crippen MR) is 93.4 cm³/mol. The van der Waals surface area contributed by atoms with Crippen molar-refractivity contribution in [1.82, 2.24) is 15.3 Å². The molecule has 1 aromatic carbocycles. The molecule has 6 heteroatoms. The lowest BCUT2D eigenvalue weighted by atomic mass is 10.1. The van der Waals surface area contributed by atoms with Crippen LogP contribution in [-0.2, 0) is 6.54 Å². The zero-order chi connectivity index (χ0) is 16.1. The molecule has 1 aliphatic rings. The molecule has 0 unspecified atom stereocenters. The van der Waals surface area contributed by atoms with Crippen molar-refractivity contribution in [1.29, 1.82) is 0 Å². The van der Waals surface area contributed by atoms with Crippen LogP contribution >= 0.6 is 15.9 Å². The number of halogens is 1. The monoisotopic (exact) mass is 374 g/mol. The summed E-state index contributed by atoms with van der Waals surface area (Å²) >= 11 is 3.36. The average Bonchev–Trinajstić information content (AvgIpc) is 2.61. The Bertz CT molecular complexity index is 669. The van der Waals surface area contributed by atoms with Crippen molar-refractivity contribution < 1.29 is 4.79 Å². The highest BCUT2D eigenvalue weighted by Gasteiger charge is 2.14. The summed E-state index contributed by atoms with van der Waals surface area (Å²) in [5.41, 5.74) is 1.46. The number of carbonyl (C=O) groups excluding carboxylic acids is 1. The van der Waals surface area contributed by atoms with E-state index < -0.39 is 0 Å². The van der Waals surface area contributed by atoms with Gasteiger partial charge in [-0.25, -0.2) is 9.97 Å². The largest absolute Gasteiger partial charge is 0.346 e. The van der Waals surface area contributed by atoms with Gasteiger partial charge in [-0.1, -0.05) is 15.9 Å². The van der Waals surface area contributed by atoms with Crippen LogP contribution in [0.5, 0.6) is 0 Å². The van der Waals surface area contributed by atoms with Gasteiger partial charge in [-0.15, -0.1) is 0 Å². The SMILES string of the molecule is O=C(NCc1ccnc(N2CCCCC2)n1)c1ccc(Br)cc1. The molecular weight excluding hydrogens is 356 g/mol. The Kier molecular flexibility index (Phi) is 5.23. The van der Waals surface area contributed by atoms with E-state index in [0.717, 1.165) is 29.2 Å². The van der Waals surface area contributed by atoms with Gasteiger partial charge < -0.3 is 10.2 Å². The molecular formula is C17H19BrN4O. The first-order valence-electron chi connectivity index (χ1n) is 7.83. The van der Waals surface area contributed by atoms with Crippen LogP contribution in [0.2, 0.25) is 0 Å². The second kappa shape index (κ2) is 7.55. The molecule has 1 aliphatic heterocycles. The molecule has 1 saturated heterocycles. The van der Waals surface area contributed by atoms with Gasteiger partial charge >= 0.3 is 0 Å². The summed E-state index contributed by atoms with van der Waals surface area (Å²) in [7, 11) is 0. The van der Waals surface area contributed by atoms with Crippen molar-refractivity contribution in [2.24, 2.45) is 0 Å². The fourth-order valence-electron chi connectivity index (χ4n) is 2.60. The highest BCUT2D eigenvalue weighted by Crippen LogP contribution is 2.15. The van der Waals surface area contributed by atoms with Crippen molar-refractivity contribution in [3.05, 3.63) is 52.3 Å². The maximum Gasteiger partial charge on any atom is 0.251 e. The minimum absolute atomic E-state index is 0.101. The number of hydrogen-bond acceptors (Lipinski definition) is 4. The van der Waals surface area contributed by atoms with Gasteiger partial charge in [0.15, 0.2) is 0 Å². The Morgan fingerprint density at radius 3 is 2.61 bits per heavy atom. The Balaban J connectivity index is 1.61. The molecule has 2 aromatic rings. The van der Waals surface area contributed by atoms with Crippen LogP contribution in [0.25, 0.3) is 0 Å². The zero-order valence-electron chi connectivity index (χ0n) is 12.8. The zero-order valence-corrected chi connectivity index (χ0v) is 14.4. The molecule has 1 amide bonds. The second-order valence-electron chi connectivity index (χ2n) is 5.59. The normalized spacial score (nSPS) is 14.6. The van der Waals surface area contributed by atoms with Gasteiger partial charge in [-0.2, -0.15) is 0 Å². The van der Waals surface area contributed by atoms with Crippen LogP contribution < -0.4 is 10.2 Å². The first-order valence-corrected chi connectivity index (χ1v) is 8.62. The van der Waals surface area contributed by atoms with Crippen molar-refractivity contribution in [3.8, 4) is 0 Å². The van der Waals surface area contributed by atoms with Crippen LogP contribution in [0.15, 0.2) is 41.0 Å². The van der Waals surface area contributed by atoms with E-state index in [2.05, 4.69) is 36.1 Å². The Morgan fingerprint density at radius 2 is 1.87 bits per heavy atom. The average molecular weight is 375 g/mol. The molecule has 0 aliphatic carbocycles. The quantitative estimate of drug-likeness (QED) is 0.892. The molecule has 2 heterocycles. The van der Waals surface area contributed by atoms with Gasteiger partial charge in [-0.3, -0.25) is 4.79 Å². The van der Waals surface area contributed by atoms with E-state index in [4.69, 9.17) is 0 Å². The highest BCUT2D eigenvalue weighted by atomic mass is 79.9. The maximum atomic E-state index is 12.1. The second-order valence-corrected chi connectivity index (χ2v) is 6.50. The number of piperidine rings is 1. The fraction of sp³-hybridized carbons (Fsp3) is 0.353. The third-order valence-electron chi connectivity index (χ3n) is 3.88. The van der Waals surface area contributed by atoms with E-state index in [0.29, 0.717) is 12.1 Å². The van der Waals surface area contributed by atoms with Crippen LogP contribution in [0.1, 0.15) is 35.3 Å². The Labute approximate surface area is 144 Å². The molecule has 0 saturated carbocycles. The van der Waals surface area contributed by atoms with E-state index in [1.165, 1.54) is 19.3 Å². The molecule has 120 valence electrons. The number of hydrogen-bond donors (Lipinski definition) is 1. The van der Waals surface area contributed by atoms with E-state index in [-0.39, 0.29) is 5.91 Å². The first-order chi connectivity index (χ1) is 11.2. The van der Waals surface area contributed by atoms with Crippen LogP contribution in [0, 0.1) is 0 Å². The summed E-state index contributed by atoms with van der Waals surface area (Å²) in [6.45, 7) is 2.42. The number of nitrogens with one attached hydrogen (secondary N) is 1. The standard InChI is InChI=1S/C17H19BrN4O/c18-14-6-4-13(5-7-14)16(23)20-12-15-8-9-19-17(21-15)22-10-2-1-3-11-22/h4-9H,1-3,10-12H2,(H,20,23). The summed E-state index contributed by atoms with van der Waals surface area (Å²) in [4.78, 5) is 23.3. The number of nitrogens with zero attached hydrogens (tertiary/aromatic N) is 3. The summed E-state index contributed by atoms with van der Waals surface area (Å²) < 4.78 is 0.955. The lowest BCUT2D eigenvalue weighted by molar-refractivity contribution is 0.0950. The molecule has 0 spiro atoms. The van der Waals surface area contributed by atoms with Crippen molar-refractivity contribution >= 4 is 27.8 Å².